The molecule has 0 saturated heterocycles. The van der Waals surface area contributed by atoms with E-state index in [4.69, 9.17) is 16.3 Å². The monoisotopic (exact) mass is 284 g/mol. The highest BCUT2D eigenvalue weighted by Gasteiger charge is 2.14. The van der Waals surface area contributed by atoms with E-state index in [1.165, 1.54) is 30.3 Å². The molecule has 0 aliphatic carbocycles. The molecule has 0 unspecified atom stereocenters. The molecule has 21 heavy (non-hydrogen) atoms. The van der Waals surface area contributed by atoms with Gasteiger partial charge < -0.3 is 11.1 Å². The van der Waals surface area contributed by atoms with Crippen LogP contribution in [0.3, 0.4) is 0 Å². The minimum atomic E-state index is -2.68. The van der Waals surface area contributed by atoms with E-state index in [-0.39, 0.29) is 28.1 Å². The van der Waals surface area contributed by atoms with Crippen molar-refractivity contribution in [1.29, 1.82) is 10.5 Å². The van der Waals surface area contributed by atoms with E-state index in [0.717, 1.165) is 0 Å². The van der Waals surface area contributed by atoms with Crippen LogP contribution in [0.4, 0.5) is 25.8 Å². The topological polar surface area (TPSA) is 85.6 Å². The summed E-state index contributed by atoms with van der Waals surface area (Å²) in [7, 11) is 0. The van der Waals surface area contributed by atoms with Crippen molar-refractivity contribution < 1.29 is 8.78 Å². The van der Waals surface area contributed by atoms with Gasteiger partial charge in [0.1, 0.15) is 12.1 Å². The second-order valence-corrected chi connectivity index (χ2v) is 4.26. The number of nitriles is 2. The third-order valence-corrected chi connectivity index (χ3v) is 2.85. The molecule has 6 heteroatoms. The number of hydrogen-bond donors (Lipinski definition) is 2. The number of alkyl halides is 2. The van der Waals surface area contributed by atoms with Gasteiger partial charge in [-0.05, 0) is 36.4 Å². The third-order valence-electron chi connectivity index (χ3n) is 2.85. The highest BCUT2D eigenvalue weighted by atomic mass is 19.3. The molecule has 0 aliphatic heterocycles. The summed E-state index contributed by atoms with van der Waals surface area (Å²) in [6.07, 6.45) is -2.68. The summed E-state index contributed by atoms with van der Waals surface area (Å²) in [6, 6.07) is 12.4. The van der Waals surface area contributed by atoms with Gasteiger partial charge >= 0.3 is 0 Å². The SMILES string of the molecule is N#Cc1ccc(Nc2ccc(N)cc2C(F)F)cc1C#N. The van der Waals surface area contributed by atoms with E-state index in [2.05, 4.69) is 5.32 Å². The van der Waals surface area contributed by atoms with Gasteiger partial charge in [-0.15, -0.1) is 0 Å². The molecule has 2 aromatic carbocycles. The minimum Gasteiger partial charge on any atom is -0.399 e. The Labute approximate surface area is 120 Å². The fourth-order valence-corrected chi connectivity index (χ4v) is 1.84. The second-order valence-electron chi connectivity index (χ2n) is 4.26. The first-order chi connectivity index (χ1) is 10.0. The largest absolute Gasteiger partial charge is 0.399 e. The highest BCUT2D eigenvalue weighted by molar-refractivity contribution is 5.68. The van der Waals surface area contributed by atoms with Crippen LogP contribution in [0, 0.1) is 22.7 Å². The van der Waals surface area contributed by atoms with Crippen molar-refractivity contribution in [2.75, 3.05) is 11.1 Å². The summed E-state index contributed by atoms with van der Waals surface area (Å²) in [5.41, 5.74) is 6.57. The molecule has 3 N–H and O–H groups in total. The molecular weight excluding hydrogens is 274 g/mol. The molecule has 0 radical (unpaired) electrons. The maximum atomic E-state index is 13.0. The molecule has 0 aliphatic rings. The Morgan fingerprint density at radius 3 is 2.33 bits per heavy atom. The first kappa shape index (κ1) is 14.3. The maximum Gasteiger partial charge on any atom is 0.265 e. The standard InChI is InChI=1S/C15H10F2N4/c16-15(17)13-6-11(20)2-4-14(13)21-12-3-1-9(7-18)10(5-12)8-19/h1-6,15,21H,20H2. The van der Waals surface area contributed by atoms with Gasteiger partial charge in [-0.3, -0.25) is 0 Å². The fourth-order valence-electron chi connectivity index (χ4n) is 1.84. The molecule has 0 saturated carbocycles. The third kappa shape index (κ3) is 3.07. The number of rotatable bonds is 3. The fraction of sp³-hybridized carbons (Fsp3) is 0.0667. The Hall–Kier alpha value is -3.12. The summed E-state index contributed by atoms with van der Waals surface area (Å²) in [6.45, 7) is 0. The van der Waals surface area contributed by atoms with Crippen molar-refractivity contribution in [3.63, 3.8) is 0 Å². The van der Waals surface area contributed by atoms with E-state index in [0.29, 0.717) is 5.69 Å². The number of nitrogens with zero attached hydrogens (tertiary/aromatic N) is 2. The van der Waals surface area contributed by atoms with Gasteiger partial charge in [0.2, 0.25) is 0 Å². The van der Waals surface area contributed by atoms with Gasteiger partial charge in [0, 0.05) is 22.6 Å². The molecular formula is C15H10F2N4. The van der Waals surface area contributed by atoms with Crippen LogP contribution in [0.5, 0.6) is 0 Å². The normalized spacial score (nSPS) is 9.95. The van der Waals surface area contributed by atoms with Crippen LogP contribution in [0.15, 0.2) is 36.4 Å². The average Bonchev–Trinajstić information content (AvgIpc) is 2.48. The van der Waals surface area contributed by atoms with Crippen molar-refractivity contribution in [2.45, 2.75) is 6.43 Å². The van der Waals surface area contributed by atoms with Crippen LogP contribution < -0.4 is 11.1 Å². The van der Waals surface area contributed by atoms with Gasteiger partial charge in [-0.25, -0.2) is 8.78 Å². The molecule has 0 aromatic heterocycles. The average molecular weight is 284 g/mol. The summed E-state index contributed by atoms with van der Waals surface area (Å²) >= 11 is 0. The van der Waals surface area contributed by atoms with Crippen molar-refractivity contribution in [2.24, 2.45) is 0 Å². The summed E-state index contributed by atoms with van der Waals surface area (Å²) in [4.78, 5) is 0. The number of halogens is 2. The number of nitrogens with one attached hydrogen (secondary N) is 1. The van der Waals surface area contributed by atoms with Crippen LogP contribution in [-0.2, 0) is 0 Å². The number of anilines is 3. The first-order valence-corrected chi connectivity index (χ1v) is 5.94. The lowest BCUT2D eigenvalue weighted by atomic mass is 10.1. The van der Waals surface area contributed by atoms with Gasteiger partial charge in [0.25, 0.3) is 6.43 Å². The summed E-state index contributed by atoms with van der Waals surface area (Å²) in [5, 5.41) is 20.6. The number of nitrogen functional groups attached to an aromatic ring is 1. The van der Waals surface area contributed by atoms with E-state index in [9.17, 15) is 8.78 Å². The molecule has 0 spiro atoms. The molecule has 4 nitrogen and oxygen atoms in total. The number of nitrogens with two attached hydrogens (primary N) is 1. The van der Waals surface area contributed by atoms with Crippen LogP contribution in [0.2, 0.25) is 0 Å². The maximum absolute atomic E-state index is 13.0. The summed E-state index contributed by atoms with van der Waals surface area (Å²) < 4.78 is 26.0. The van der Waals surface area contributed by atoms with E-state index >= 15 is 0 Å². The zero-order valence-corrected chi connectivity index (χ0v) is 10.8. The molecule has 104 valence electrons. The van der Waals surface area contributed by atoms with E-state index in [1.807, 2.05) is 12.1 Å². The lowest BCUT2D eigenvalue weighted by Crippen LogP contribution is -1.99. The molecule has 0 bridgehead atoms. The van der Waals surface area contributed by atoms with Crippen molar-refractivity contribution in [3.05, 3.63) is 53.1 Å². The Kier molecular flexibility index (Phi) is 4.01. The molecule has 0 amide bonds. The lowest BCUT2D eigenvalue weighted by molar-refractivity contribution is 0.152. The predicted molar refractivity (Wildman–Crippen MR) is 75.0 cm³/mol. The van der Waals surface area contributed by atoms with Gasteiger partial charge in [-0.1, -0.05) is 0 Å². The van der Waals surface area contributed by atoms with Crippen LogP contribution in [0.25, 0.3) is 0 Å². The minimum absolute atomic E-state index is 0.177. The van der Waals surface area contributed by atoms with Gasteiger partial charge in [0.15, 0.2) is 0 Å². The Morgan fingerprint density at radius 1 is 1.00 bits per heavy atom. The molecule has 2 aromatic rings. The quantitative estimate of drug-likeness (QED) is 0.841. The first-order valence-electron chi connectivity index (χ1n) is 5.94. The smallest absolute Gasteiger partial charge is 0.265 e. The zero-order chi connectivity index (χ0) is 15.4. The van der Waals surface area contributed by atoms with Crippen LogP contribution in [0.1, 0.15) is 23.1 Å². The predicted octanol–water partition coefficient (Wildman–Crippen LogP) is 3.69. The zero-order valence-electron chi connectivity index (χ0n) is 10.8. The molecule has 0 fully saturated rings. The summed E-state index contributed by atoms with van der Waals surface area (Å²) in [5.74, 6) is 0. The van der Waals surface area contributed by atoms with E-state index < -0.39 is 6.43 Å². The van der Waals surface area contributed by atoms with Crippen LogP contribution in [-0.4, -0.2) is 0 Å². The van der Waals surface area contributed by atoms with Crippen molar-refractivity contribution >= 4 is 17.1 Å². The highest BCUT2D eigenvalue weighted by Crippen LogP contribution is 2.31. The van der Waals surface area contributed by atoms with Gasteiger partial charge in [0.05, 0.1) is 11.1 Å². The lowest BCUT2D eigenvalue weighted by Gasteiger charge is -2.12. The molecule has 2 rings (SSSR count). The Morgan fingerprint density at radius 2 is 1.71 bits per heavy atom. The van der Waals surface area contributed by atoms with Crippen molar-refractivity contribution in [3.8, 4) is 12.1 Å². The van der Waals surface area contributed by atoms with Crippen molar-refractivity contribution in [1.82, 2.24) is 0 Å². The number of hydrogen-bond acceptors (Lipinski definition) is 4. The van der Waals surface area contributed by atoms with Crippen LogP contribution >= 0.6 is 0 Å². The molecule has 0 atom stereocenters. The molecule has 0 heterocycles. The number of benzene rings is 2. The second kappa shape index (κ2) is 5.89. The Balaban J connectivity index is 2.40. The van der Waals surface area contributed by atoms with E-state index in [1.54, 1.807) is 6.07 Å². The Bertz CT molecular complexity index is 757. The van der Waals surface area contributed by atoms with Gasteiger partial charge in [-0.2, -0.15) is 10.5 Å².